The number of alkyl halides is 3. The lowest BCUT2D eigenvalue weighted by atomic mass is 10.2. The van der Waals surface area contributed by atoms with E-state index in [-0.39, 0.29) is 11.4 Å². The van der Waals surface area contributed by atoms with Gasteiger partial charge in [0.05, 0.1) is 22.6 Å². The van der Waals surface area contributed by atoms with E-state index in [2.05, 4.69) is 20.2 Å². The van der Waals surface area contributed by atoms with Gasteiger partial charge < -0.3 is 9.52 Å². The number of phenols is 1. The van der Waals surface area contributed by atoms with Gasteiger partial charge in [-0.3, -0.25) is 4.99 Å². The van der Waals surface area contributed by atoms with Crippen LogP contribution in [0.15, 0.2) is 105 Å². The zero-order valence-corrected chi connectivity index (χ0v) is 19.4. The number of fused-ring (bicyclic) bond motifs is 1. The van der Waals surface area contributed by atoms with Gasteiger partial charge in [-0.05, 0) is 85.3 Å². The van der Waals surface area contributed by atoms with Crippen LogP contribution in [0.3, 0.4) is 0 Å². The topological polar surface area (TPSA) is 83.3 Å². The molecule has 0 radical (unpaired) electrons. The highest BCUT2D eigenvalue weighted by atomic mass is 19.4. The summed E-state index contributed by atoms with van der Waals surface area (Å²) >= 11 is 0. The molecule has 0 fully saturated rings. The van der Waals surface area contributed by atoms with Crippen LogP contribution in [0.25, 0.3) is 22.6 Å². The number of aromatic nitrogens is 1. The van der Waals surface area contributed by atoms with Crippen molar-refractivity contribution in [3.63, 3.8) is 0 Å². The number of hydrogen-bond acceptors (Lipinski definition) is 6. The molecule has 0 saturated heterocycles. The SMILES string of the molecule is Cc1ccc2oc(-c3ccc(N=Cc4cc(N=Nc5cccc(C(F)(F)F)c5)ccc4O)cc3)nc2c1. The van der Waals surface area contributed by atoms with Gasteiger partial charge >= 0.3 is 6.18 Å². The normalized spacial score (nSPS) is 12.2. The number of aliphatic imine (C=N–C) groups is 1. The maximum absolute atomic E-state index is 12.9. The van der Waals surface area contributed by atoms with Crippen molar-refractivity contribution in [1.82, 2.24) is 4.98 Å². The Morgan fingerprint density at radius 3 is 2.32 bits per heavy atom. The van der Waals surface area contributed by atoms with Crippen molar-refractivity contribution in [2.75, 3.05) is 0 Å². The summed E-state index contributed by atoms with van der Waals surface area (Å²) in [6.45, 7) is 1.99. The van der Waals surface area contributed by atoms with Crippen molar-refractivity contribution in [1.29, 1.82) is 0 Å². The second-order valence-corrected chi connectivity index (χ2v) is 8.29. The minimum Gasteiger partial charge on any atom is -0.507 e. The highest BCUT2D eigenvalue weighted by Gasteiger charge is 2.30. The molecule has 37 heavy (non-hydrogen) atoms. The molecule has 5 rings (SSSR count). The van der Waals surface area contributed by atoms with E-state index in [9.17, 15) is 18.3 Å². The molecule has 184 valence electrons. The lowest BCUT2D eigenvalue weighted by molar-refractivity contribution is -0.137. The lowest BCUT2D eigenvalue weighted by Crippen LogP contribution is -2.03. The molecule has 1 heterocycles. The van der Waals surface area contributed by atoms with E-state index in [0.717, 1.165) is 28.8 Å². The number of hydrogen-bond donors (Lipinski definition) is 1. The van der Waals surface area contributed by atoms with E-state index in [1.54, 1.807) is 12.1 Å². The fraction of sp³-hybridized carbons (Fsp3) is 0.0714. The number of phenolic OH excluding ortho intramolecular Hbond substituents is 1. The molecule has 4 aromatic carbocycles. The highest BCUT2D eigenvalue weighted by Crippen LogP contribution is 2.32. The zero-order chi connectivity index (χ0) is 26.0. The van der Waals surface area contributed by atoms with Crippen LogP contribution in [0.5, 0.6) is 5.75 Å². The summed E-state index contributed by atoms with van der Waals surface area (Å²) in [6, 6.07) is 22.1. The Morgan fingerprint density at radius 1 is 0.838 bits per heavy atom. The Balaban J connectivity index is 1.32. The fourth-order valence-electron chi connectivity index (χ4n) is 3.56. The summed E-state index contributed by atoms with van der Waals surface area (Å²) < 4.78 is 44.5. The van der Waals surface area contributed by atoms with E-state index in [1.165, 1.54) is 36.5 Å². The smallest absolute Gasteiger partial charge is 0.416 e. The highest BCUT2D eigenvalue weighted by molar-refractivity contribution is 5.86. The molecule has 0 unspecified atom stereocenters. The molecular formula is C28H19F3N4O2. The molecule has 9 heteroatoms. The van der Waals surface area contributed by atoms with E-state index < -0.39 is 11.7 Å². The van der Waals surface area contributed by atoms with Gasteiger partial charge in [-0.1, -0.05) is 12.1 Å². The zero-order valence-electron chi connectivity index (χ0n) is 19.4. The van der Waals surface area contributed by atoms with Crippen molar-refractivity contribution in [3.8, 4) is 17.2 Å². The quantitative estimate of drug-likeness (QED) is 0.193. The minimum atomic E-state index is -4.46. The predicted molar refractivity (Wildman–Crippen MR) is 135 cm³/mol. The standard InChI is InChI=1S/C28H19F3N4O2/c1-17-5-12-26-24(13-17)33-27(37-26)18-6-8-21(9-7-18)32-16-19-14-23(10-11-25(19)36)35-34-22-4-2-3-20(15-22)28(29,30)31/h2-16,36H,1H3. The number of azo groups is 1. The van der Waals surface area contributed by atoms with E-state index >= 15 is 0 Å². The Bertz CT molecular complexity index is 1640. The fourth-order valence-corrected chi connectivity index (χ4v) is 3.56. The van der Waals surface area contributed by atoms with Crippen molar-refractivity contribution in [2.45, 2.75) is 13.1 Å². The molecule has 0 atom stereocenters. The molecule has 0 aliphatic carbocycles. The average Bonchev–Trinajstić information content (AvgIpc) is 3.30. The van der Waals surface area contributed by atoms with E-state index in [0.29, 0.717) is 28.4 Å². The third-order valence-corrected chi connectivity index (χ3v) is 5.48. The first-order valence-corrected chi connectivity index (χ1v) is 11.2. The first kappa shape index (κ1) is 23.9. The van der Waals surface area contributed by atoms with Crippen LogP contribution in [-0.2, 0) is 6.18 Å². The summed E-state index contributed by atoms with van der Waals surface area (Å²) in [6.07, 6.45) is -3.00. The molecule has 5 aromatic rings. The third kappa shape index (κ3) is 5.56. The van der Waals surface area contributed by atoms with Crippen LogP contribution in [0.1, 0.15) is 16.7 Å². The molecule has 0 amide bonds. The largest absolute Gasteiger partial charge is 0.507 e. The van der Waals surface area contributed by atoms with Crippen LogP contribution in [0.2, 0.25) is 0 Å². The lowest BCUT2D eigenvalue weighted by Gasteiger charge is -2.06. The Morgan fingerprint density at radius 2 is 1.57 bits per heavy atom. The maximum Gasteiger partial charge on any atom is 0.416 e. The predicted octanol–water partition coefficient (Wildman–Crippen LogP) is 8.69. The van der Waals surface area contributed by atoms with Gasteiger partial charge in [0.2, 0.25) is 5.89 Å². The average molecular weight is 500 g/mol. The van der Waals surface area contributed by atoms with Gasteiger partial charge in [0, 0.05) is 17.3 Å². The van der Waals surface area contributed by atoms with Gasteiger partial charge in [0.1, 0.15) is 11.3 Å². The molecule has 0 aliphatic rings. The number of halogens is 3. The molecular weight excluding hydrogens is 481 g/mol. The summed E-state index contributed by atoms with van der Waals surface area (Å²) in [5, 5.41) is 18.1. The summed E-state index contributed by atoms with van der Waals surface area (Å²) in [7, 11) is 0. The van der Waals surface area contributed by atoms with Gasteiger partial charge in [-0.25, -0.2) is 4.98 Å². The van der Waals surface area contributed by atoms with Crippen LogP contribution in [-0.4, -0.2) is 16.3 Å². The summed E-state index contributed by atoms with van der Waals surface area (Å²) in [5.74, 6) is 0.479. The third-order valence-electron chi connectivity index (χ3n) is 5.48. The van der Waals surface area contributed by atoms with Crippen molar-refractivity contribution < 1.29 is 22.7 Å². The Hall–Kier alpha value is -4.79. The van der Waals surface area contributed by atoms with Gasteiger partial charge in [-0.15, -0.1) is 0 Å². The van der Waals surface area contributed by atoms with Crippen LogP contribution in [0, 0.1) is 6.92 Å². The van der Waals surface area contributed by atoms with Gasteiger partial charge in [0.15, 0.2) is 5.58 Å². The number of aromatic hydroxyl groups is 1. The summed E-state index contributed by atoms with van der Waals surface area (Å²) in [4.78, 5) is 8.92. The molecule has 0 spiro atoms. The summed E-state index contributed by atoms with van der Waals surface area (Å²) in [5.41, 5.74) is 4.00. The van der Waals surface area contributed by atoms with Crippen molar-refractivity contribution in [2.24, 2.45) is 15.2 Å². The van der Waals surface area contributed by atoms with E-state index in [1.807, 2.05) is 37.3 Å². The molecule has 1 aromatic heterocycles. The Labute approximate surface area is 209 Å². The molecule has 6 nitrogen and oxygen atoms in total. The molecule has 0 bridgehead atoms. The number of nitrogens with zero attached hydrogens (tertiary/aromatic N) is 4. The van der Waals surface area contributed by atoms with Crippen molar-refractivity contribution in [3.05, 3.63) is 102 Å². The van der Waals surface area contributed by atoms with Crippen LogP contribution in [0.4, 0.5) is 30.2 Å². The second-order valence-electron chi connectivity index (χ2n) is 8.29. The molecule has 1 N–H and O–H groups in total. The Kier molecular flexibility index (Phi) is 6.27. The second kappa shape index (κ2) is 9.69. The number of rotatable bonds is 5. The first-order chi connectivity index (χ1) is 17.7. The van der Waals surface area contributed by atoms with Crippen LogP contribution < -0.4 is 0 Å². The van der Waals surface area contributed by atoms with E-state index in [4.69, 9.17) is 4.42 Å². The number of aryl methyl sites for hydroxylation is 1. The number of benzene rings is 4. The van der Waals surface area contributed by atoms with Crippen LogP contribution >= 0.6 is 0 Å². The minimum absolute atomic E-state index is 0.0276. The number of oxazole rings is 1. The first-order valence-electron chi connectivity index (χ1n) is 11.2. The molecule has 0 aliphatic heterocycles. The molecule has 0 saturated carbocycles. The monoisotopic (exact) mass is 500 g/mol. The van der Waals surface area contributed by atoms with Gasteiger partial charge in [0.25, 0.3) is 0 Å². The maximum atomic E-state index is 12.9. The van der Waals surface area contributed by atoms with Crippen molar-refractivity contribution >= 4 is 34.4 Å². The van der Waals surface area contributed by atoms with Gasteiger partial charge in [-0.2, -0.15) is 23.4 Å².